The Morgan fingerprint density at radius 2 is 2.00 bits per heavy atom. The standard InChI is InChI=1S/C16H18N4O.C5H12ClN/c1-2-12-9-14(11-19-16(12)17)13-3-4-15(18-10-13)20-5-7-21-8-6-20;1-5(7-2)3-4-6/h2-4,9-11H,1,5-8H2,(H2,17,19);5,7H,3-4H2,1-2H3. The average molecular weight is 404 g/mol. The zero-order valence-electron chi connectivity index (χ0n) is 16.7. The van der Waals surface area contributed by atoms with E-state index in [0.29, 0.717) is 11.9 Å². The molecule has 0 amide bonds. The first-order chi connectivity index (χ1) is 13.6. The maximum Gasteiger partial charge on any atom is 0.130 e. The molecule has 3 heterocycles. The highest BCUT2D eigenvalue weighted by Gasteiger charge is 2.12. The minimum Gasteiger partial charge on any atom is -0.383 e. The number of nitrogen functional groups attached to an aromatic ring is 1. The molecule has 0 bridgehead atoms. The van der Waals surface area contributed by atoms with E-state index in [-0.39, 0.29) is 0 Å². The van der Waals surface area contributed by atoms with E-state index in [9.17, 15) is 0 Å². The third-order valence-electron chi connectivity index (χ3n) is 4.62. The van der Waals surface area contributed by atoms with Crippen LogP contribution in [0.25, 0.3) is 17.2 Å². The third-order valence-corrected chi connectivity index (χ3v) is 4.84. The number of nitrogens with two attached hydrogens (primary N) is 1. The van der Waals surface area contributed by atoms with Gasteiger partial charge in [0, 0.05) is 54.1 Å². The van der Waals surface area contributed by atoms with Crippen LogP contribution in [-0.2, 0) is 4.74 Å². The molecule has 1 aliphatic heterocycles. The Hall–Kier alpha value is -2.15. The van der Waals surface area contributed by atoms with Crippen molar-refractivity contribution in [3.63, 3.8) is 0 Å². The highest BCUT2D eigenvalue weighted by molar-refractivity contribution is 6.17. The van der Waals surface area contributed by atoms with E-state index in [4.69, 9.17) is 22.1 Å². The number of hydrogen-bond donors (Lipinski definition) is 2. The van der Waals surface area contributed by atoms with Crippen LogP contribution in [0.3, 0.4) is 0 Å². The molecular formula is C21H30ClN5O. The predicted octanol–water partition coefficient (Wildman–Crippen LogP) is 3.43. The molecule has 0 saturated carbocycles. The first-order valence-corrected chi connectivity index (χ1v) is 10.0. The Balaban J connectivity index is 0.000000345. The molecule has 1 unspecified atom stereocenters. The van der Waals surface area contributed by atoms with Gasteiger partial charge in [-0.25, -0.2) is 9.97 Å². The molecule has 28 heavy (non-hydrogen) atoms. The van der Waals surface area contributed by atoms with Crippen LogP contribution in [0.5, 0.6) is 0 Å². The number of aromatic nitrogens is 2. The average Bonchev–Trinajstić information content (AvgIpc) is 2.75. The topological polar surface area (TPSA) is 76.3 Å². The van der Waals surface area contributed by atoms with Crippen molar-refractivity contribution in [3.05, 3.63) is 42.7 Å². The minimum atomic E-state index is 0.492. The molecule has 2 aromatic heterocycles. The van der Waals surface area contributed by atoms with E-state index in [0.717, 1.165) is 61.1 Å². The first kappa shape index (κ1) is 22.1. The number of morpholine rings is 1. The fourth-order valence-corrected chi connectivity index (χ4v) is 2.99. The molecule has 1 saturated heterocycles. The van der Waals surface area contributed by atoms with Gasteiger partial charge in [-0.2, -0.15) is 0 Å². The normalized spacial score (nSPS) is 14.8. The van der Waals surface area contributed by atoms with Crippen molar-refractivity contribution in [1.29, 1.82) is 0 Å². The van der Waals surface area contributed by atoms with Crippen molar-refractivity contribution in [2.24, 2.45) is 0 Å². The van der Waals surface area contributed by atoms with Gasteiger partial charge < -0.3 is 20.7 Å². The van der Waals surface area contributed by atoms with Gasteiger partial charge in [0.05, 0.1) is 13.2 Å². The summed E-state index contributed by atoms with van der Waals surface area (Å²) in [6.45, 7) is 9.15. The van der Waals surface area contributed by atoms with E-state index in [2.05, 4.69) is 39.8 Å². The lowest BCUT2D eigenvalue weighted by Crippen LogP contribution is -2.36. The summed E-state index contributed by atoms with van der Waals surface area (Å²) in [6.07, 6.45) is 6.39. The smallest absolute Gasteiger partial charge is 0.130 e. The summed E-state index contributed by atoms with van der Waals surface area (Å²) in [7, 11) is 1.94. The fourth-order valence-electron chi connectivity index (χ4n) is 2.66. The van der Waals surface area contributed by atoms with Crippen molar-refractivity contribution < 1.29 is 4.74 Å². The summed E-state index contributed by atoms with van der Waals surface area (Å²) in [5.74, 6) is 2.23. The zero-order chi connectivity index (χ0) is 20.4. The Morgan fingerprint density at radius 3 is 2.54 bits per heavy atom. The van der Waals surface area contributed by atoms with Crippen LogP contribution in [0, 0.1) is 0 Å². The van der Waals surface area contributed by atoms with Crippen LogP contribution in [0.1, 0.15) is 18.9 Å². The summed E-state index contributed by atoms with van der Waals surface area (Å²) in [4.78, 5) is 11.0. The second-order valence-corrected chi connectivity index (χ2v) is 6.95. The van der Waals surface area contributed by atoms with Gasteiger partial charge in [0.25, 0.3) is 0 Å². The Labute approximate surface area is 172 Å². The van der Waals surface area contributed by atoms with Crippen LogP contribution in [0.4, 0.5) is 11.6 Å². The number of ether oxygens (including phenoxy) is 1. The van der Waals surface area contributed by atoms with Crippen molar-refractivity contribution in [2.75, 3.05) is 49.9 Å². The number of nitrogens with zero attached hydrogens (tertiary/aromatic N) is 3. The molecule has 6 nitrogen and oxygen atoms in total. The molecule has 0 aliphatic carbocycles. The Bertz CT molecular complexity index is 732. The van der Waals surface area contributed by atoms with E-state index in [1.165, 1.54) is 0 Å². The molecule has 1 fully saturated rings. The van der Waals surface area contributed by atoms with Gasteiger partial charge in [0.2, 0.25) is 0 Å². The summed E-state index contributed by atoms with van der Waals surface area (Å²) in [5.41, 5.74) is 8.62. The van der Waals surface area contributed by atoms with Gasteiger partial charge in [-0.05, 0) is 38.6 Å². The van der Waals surface area contributed by atoms with E-state index in [1.54, 1.807) is 12.3 Å². The van der Waals surface area contributed by atoms with Crippen LogP contribution in [-0.4, -0.2) is 55.2 Å². The molecule has 0 radical (unpaired) electrons. The number of hydrogen-bond acceptors (Lipinski definition) is 6. The third kappa shape index (κ3) is 6.48. The molecule has 1 aliphatic rings. The van der Waals surface area contributed by atoms with Crippen molar-refractivity contribution in [1.82, 2.24) is 15.3 Å². The molecule has 3 rings (SSSR count). The summed E-state index contributed by atoms with van der Waals surface area (Å²) in [6, 6.07) is 6.63. The molecule has 2 aromatic rings. The van der Waals surface area contributed by atoms with Crippen LogP contribution in [0.15, 0.2) is 37.2 Å². The maximum atomic E-state index is 5.78. The largest absolute Gasteiger partial charge is 0.383 e. The highest BCUT2D eigenvalue weighted by Crippen LogP contribution is 2.24. The maximum absolute atomic E-state index is 5.78. The fraction of sp³-hybridized carbons (Fsp3) is 0.429. The molecule has 3 N–H and O–H groups in total. The van der Waals surface area contributed by atoms with Gasteiger partial charge >= 0.3 is 0 Å². The Kier molecular flexibility index (Phi) is 9.20. The van der Waals surface area contributed by atoms with Crippen molar-refractivity contribution >= 4 is 29.3 Å². The lowest BCUT2D eigenvalue weighted by molar-refractivity contribution is 0.122. The van der Waals surface area contributed by atoms with Gasteiger partial charge in [0.1, 0.15) is 11.6 Å². The number of alkyl halides is 1. The minimum absolute atomic E-state index is 0.492. The van der Waals surface area contributed by atoms with Crippen molar-refractivity contribution in [2.45, 2.75) is 19.4 Å². The van der Waals surface area contributed by atoms with Crippen LogP contribution in [0.2, 0.25) is 0 Å². The van der Waals surface area contributed by atoms with E-state index in [1.807, 2.05) is 25.4 Å². The van der Waals surface area contributed by atoms with Gasteiger partial charge in [0.15, 0.2) is 0 Å². The molecule has 152 valence electrons. The lowest BCUT2D eigenvalue weighted by atomic mass is 10.1. The Morgan fingerprint density at radius 1 is 1.29 bits per heavy atom. The van der Waals surface area contributed by atoms with Gasteiger partial charge in [-0.15, -0.1) is 11.6 Å². The van der Waals surface area contributed by atoms with Crippen LogP contribution >= 0.6 is 11.6 Å². The van der Waals surface area contributed by atoms with Gasteiger partial charge in [-0.1, -0.05) is 12.7 Å². The molecule has 0 aromatic carbocycles. The molecular weight excluding hydrogens is 374 g/mol. The second kappa shape index (κ2) is 11.6. The molecule has 1 atom stereocenters. The predicted molar refractivity (Wildman–Crippen MR) is 119 cm³/mol. The summed E-state index contributed by atoms with van der Waals surface area (Å²) in [5, 5.41) is 3.08. The summed E-state index contributed by atoms with van der Waals surface area (Å²) >= 11 is 5.44. The SMILES string of the molecule is C=Cc1cc(-c2ccc(N3CCOCC3)nc2)cnc1N.CNC(C)CCCl. The summed E-state index contributed by atoms with van der Waals surface area (Å²) < 4.78 is 5.35. The lowest BCUT2D eigenvalue weighted by Gasteiger charge is -2.27. The highest BCUT2D eigenvalue weighted by atomic mass is 35.5. The quantitative estimate of drug-likeness (QED) is 0.719. The number of pyridine rings is 2. The van der Waals surface area contributed by atoms with Crippen LogP contribution < -0.4 is 16.0 Å². The van der Waals surface area contributed by atoms with E-state index < -0.39 is 0 Å². The monoisotopic (exact) mass is 403 g/mol. The van der Waals surface area contributed by atoms with E-state index >= 15 is 0 Å². The molecule has 0 spiro atoms. The number of nitrogens with one attached hydrogen (secondary N) is 1. The van der Waals surface area contributed by atoms with Gasteiger partial charge in [-0.3, -0.25) is 0 Å². The second-order valence-electron chi connectivity index (χ2n) is 6.57. The molecule has 7 heteroatoms. The van der Waals surface area contributed by atoms with Crippen molar-refractivity contribution in [3.8, 4) is 11.1 Å². The number of anilines is 2. The first-order valence-electron chi connectivity index (χ1n) is 9.49. The number of halogens is 1. The zero-order valence-corrected chi connectivity index (χ0v) is 17.5. The number of rotatable bonds is 6.